The maximum absolute atomic E-state index is 6.11. The van der Waals surface area contributed by atoms with Gasteiger partial charge in [-0.3, -0.25) is 0 Å². The van der Waals surface area contributed by atoms with E-state index in [0.29, 0.717) is 10.8 Å². The fraction of sp³-hybridized carbons (Fsp3) is 0.231. The molecule has 0 fully saturated rings. The second-order valence-electron chi connectivity index (χ2n) is 3.83. The van der Waals surface area contributed by atoms with Gasteiger partial charge >= 0.3 is 0 Å². The van der Waals surface area contributed by atoms with Crippen LogP contribution in [0.15, 0.2) is 30.5 Å². The first-order valence-corrected chi connectivity index (χ1v) is 6.13. The average Bonchev–Trinajstić information content (AvgIpc) is 2.29. The van der Waals surface area contributed by atoms with Crippen LogP contribution in [-0.2, 0) is 0 Å². The maximum atomic E-state index is 6.11. The van der Waals surface area contributed by atoms with Gasteiger partial charge in [-0.2, -0.15) is 0 Å². The van der Waals surface area contributed by atoms with E-state index >= 15 is 0 Å². The first-order chi connectivity index (χ1) is 8.09. The van der Waals surface area contributed by atoms with Gasteiger partial charge < -0.3 is 0 Å². The van der Waals surface area contributed by atoms with E-state index in [1.165, 1.54) is 0 Å². The monoisotopic (exact) mass is 266 g/mol. The highest BCUT2D eigenvalue weighted by Gasteiger charge is 2.11. The zero-order chi connectivity index (χ0) is 12.4. The highest BCUT2D eigenvalue weighted by molar-refractivity contribution is 6.33. The molecule has 2 nitrogen and oxygen atoms in total. The Morgan fingerprint density at radius 1 is 1.24 bits per heavy atom. The van der Waals surface area contributed by atoms with Crippen LogP contribution in [0, 0.1) is 6.92 Å². The number of alkyl halides is 1. The molecular weight excluding hydrogens is 255 g/mol. The molecule has 0 saturated carbocycles. The lowest BCUT2D eigenvalue weighted by molar-refractivity contribution is 0.976. The molecule has 1 aromatic heterocycles. The van der Waals surface area contributed by atoms with E-state index < -0.39 is 0 Å². The van der Waals surface area contributed by atoms with E-state index in [1.807, 2.05) is 38.1 Å². The van der Waals surface area contributed by atoms with Crippen molar-refractivity contribution in [2.45, 2.75) is 19.2 Å². The molecule has 0 radical (unpaired) electrons. The topological polar surface area (TPSA) is 25.8 Å². The summed E-state index contributed by atoms with van der Waals surface area (Å²) in [6.45, 7) is 3.83. The molecule has 0 spiro atoms. The minimum atomic E-state index is -0.0877. The van der Waals surface area contributed by atoms with E-state index in [4.69, 9.17) is 23.2 Å². The Hall–Kier alpha value is -1.12. The van der Waals surface area contributed by atoms with Gasteiger partial charge in [0.2, 0.25) is 0 Å². The lowest BCUT2D eigenvalue weighted by Gasteiger charge is -2.09. The molecule has 0 saturated heterocycles. The van der Waals surface area contributed by atoms with Gasteiger partial charge in [-0.1, -0.05) is 23.7 Å². The first kappa shape index (κ1) is 12.3. The van der Waals surface area contributed by atoms with Crippen molar-refractivity contribution in [3.8, 4) is 11.4 Å². The van der Waals surface area contributed by atoms with E-state index in [1.54, 1.807) is 6.20 Å². The minimum absolute atomic E-state index is 0.0877. The fourth-order valence-corrected chi connectivity index (χ4v) is 2.07. The molecule has 0 bridgehead atoms. The number of halogens is 2. The number of benzene rings is 1. The van der Waals surface area contributed by atoms with Crippen molar-refractivity contribution in [1.29, 1.82) is 0 Å². The van der Waals surface area contributed by atoms with Crippen molar-refractivity contribution < 1.29 is 0 Å². The quantitative estimate of drug-likeness (QED) is 0.753. The molecule has 1 heterocycles. The predicted molar refractivity (Wildman–Crippen MR) is 71.5 cm³/mol. The maximum Gasteiger partial charge on any atom is 0.160 e. The summed E-state index contributed by atoms with van der Waals surface area (Å²) in [7, 11) is 0. The van der Waals surface area contributed by atoms with Gasteiger partial charge in [-0.25, -0.2) is 9.97 Å². The lowest BCUT2D eigenvalue weighted by atomic mass is 10.1. The van der Waals surface area contributed by atoms with E-state index in [0.717, 1.165) is 16.8 Å². The van der Waals surface area contributed by atoms with Gasteiger partial charge in [0.25, 0.3) is 0 Å². The molecule has 1 aromatic carbocycles. The van der Waals surface area contributed by atoms with E-state index in [2.05, 4.69) is 9.97 Å². The normalized spacial score (nSPS) is 12.5. The summed E-state index contributed by atoms with van der Waals surface area (Å²) in [4.78, 5) is 8.76. The number of aryl methyl sites for hydroxylation is 1. The third-order valence-electron chi connectivity index (χ3n) is 2.56. The summed E-state index contributed by atoms with van der Waals surface area (Å²) < 4.78 is 0. The van der Waals surface area contributed by atoms with Crippen LogP contribution in [0.25, 0.3) is 11.4 Å². The molecule has 2 aromatic rings. The zero-order valence-electron chi connectivity index (χ0n) is 9.61. The second-order valence-corrected chi connectivity index (χ2v) is 4.89. The van der Waals surface area contributed by atoms with Crippen molar-refractivity contribution in [3.05, 3.63) is 46.7 Å². The highest BCUT2D eigenvalue weighted by atomic mass is 35.5. The molecule has 0 amide bonds. The van der Waals surface area contributed by atoms with Crippen LogP contribution < -0.4 is 0 Å². The van der Waals surface area contributed by atoms with Crippen LogP contribution in [0.3, 0.4) is 0 Å². The van der Waals surface area contributed by atoms with Gasteiger partial charge in [0.1, 0.15) is 0 Å². The average molecular weight is 267 g/mol. The molecular formula is C13H12Cl2N2. The summed E-state index contributed by atoms with van der Waals surface area (Å²) in [6, 6.07) is 7.53. The van der Waals surface area contributed by atoms with E-state index in [9.17, 15) is 0 Å². The molecule has 0 aliphatic rings. The van der Waals surface area contributed by atoms with Gasteiger partial charge in [0, 0.05) is 23.0 Å². The molecule has 4 heteroatoms. The first-order valence-electron chi connectivity index (χ1n) is 5.32. The largest absolute Gasteiger partial charge is 0.236 e. The van der Waals surface area contributed by atoms with Gasteiger partial charge in [0.05, 0.1) is 10.4 Å². The smallest absolute Gasteiger partial charge is 0.160 e. The Morgan fingerprint density at radius 2 is 1.94 bits per heavy atom. The Bertz CT molecular complexity index is 539. The Morgan fingerprint density at radius 3 is 2.53 bits per heavy atom. The van der Waals surface area contributed by atoms with Gasteiger partial charge in [-0.05, 0) is 26.0 Å². The van der Waals surface area contributed by atoms with Crippen LogP contribution in [0.4, 0.5) is 0 Å². The summed E-state index contributed by atoms with van der Waals surface area (Å²) >= 11 is 12.1. The Balaban J connectivity index is 2.49. The van der Waals surface area contributed by atoms with Crippen molar-refractivity contribution in [3.63, 3.8) is 0 Å². The molecule has 0 aliphatic carbocycles. The summed E-state index contributed by atoms with van der Waals surface area (Å²) in [5.74, 6) is 0.633. The molecule has 88 valence electrons. The Kier molecular flexibility index (Phi) is 3.65. The van der Waals surface area contributed by atoms with Crippen LogP contribution in [-0.4, -0.2) is 9.97 Å². The van der Waals surface area contributed by atoms with Crippen molar-refractivity contribution in [1.82, 2.24) is 9.97 Å². The summed E-state index contributed by atoms with van der Waals surface area (Å²) in [5.41, 5.74) is 2.67. The number of hydrogen-bond donors (Lipinski definition) is 0. The van der Waals surface area contributed by atoms with Gasteiger partial charge in [0.15, 0.2) is 5.82 Å². The van der Waals surface area contributed by atoms with Crippen LogP contribution in [0.1, 0.15) is 23.6 Å². The van der Waals surface area contributed by atoms with Crippen molar-refractivity contribution >= 4 is 23.2 Å². The molecule has 1 unspecified atom stereocenters. The van der Waals surface area contributed by atoms with Gasteiger partial charge in [-0.15, -0.1) is 11.6 Å². The number of rotatable bonds is 2. The predicted octanol–water partition coefficient (Wildman–Crippen LogP) is 4.41. The molecule has 0 N–H and O–H groups in total. The SMILES string of the molecule is Cc1nc(-c2ccccc2Cl)ncc1C(C)Cl. The Labute approximate surface area is 111 Å². The second kappa shape index (κ2) is 5.03. The third-order valence-corrected chi connectivity index (χ3v) is 3.13. The minimum Gasteiger partial charge on any atom is -0.236 e. The van der Waals surface area contributed by atoms with Crippen LogP contribution >= 0.6 is 23.2 Å². The molecule has 1 atom stereocenters. The fourth-order valence-electron chi connectivity index (χ4n) is 1.64. The van der Waals surface area contributed by atoms with Crippen molar-refractivity contribution in [2.24, 2.45) is 0 Å². The highest BCUT2D eigenvalue weighted by Crippen LogP contribution is 2.27. The van der Waals surface area contributed by atoms with E-state index in [-0.39, 0.29) is 5.38 Å². The zero-order valence-corrected chi connectivity index (χ0v) is 11.1. The standard InChI is InChI=1S/C13H12Cl2N2/c1-8(14)11-7-16-13(17-9(11)2)10-5-3-4-6-12(10)15/h3-8H,1-2H3. The summed E-state index contributed by atoms with van der Waals surface area (Å²) in [6.07, 6.45) is 1.76. The van der Waals surface area contributed by atoms with Crippen LogP contribution in [0.2, 0.25) is 5.02 Å². The number of nitrogens with zero attached hydrogens (tertiary/aromatic N) is 2. The van der Waals surface area contributed by atoms with Crippen LogP contribution in [0.5, 0.6) is 0 Å². The number of hydrogen-bond acceptors (Lipinski definition) is 2. The molecule has 2 rings (SSSR count). The number of aromatic nitrogens is 2. The lowest BCUT2D eigenvalue weighted by Crippen LogP contribution is -1.98. The summed E-state index contributed by atoms with van der Waals surface area (Å²) in [5, 5.41) is 0.564. The third kappa shape index (κ3) is 2.59. The molecule has 17 heavy (non-hydrogen) atoms. The molecule has 0 aliphatic heterocycles. The van der Waals surface area contributed by atoms with Crippen molar-refractivity contribution in [2.75, 3.05) is 0 Å².